The van der Waals surface area contributed by atoms with Crippen LogP contribution in [0.2, 0.25) is 0 Å². The molecule has 1 heterocycles. The molecule has 190 valence electrons. The van der Waals surface area contributed by atoms with E-state index in [2.05, 4.69) is 60.6 Å². The summed E-state index contributed by atoms with van der Waals surface area (Å²) < 4.78 is 6.68. The summed E-state index contributed by atoms with van der Waals surface area (Å²) in [4.78, 5) is 13.7. The summed E-state index contributed by atoms with van der Waals surface area (Å²) in [7, 11) is 0. The summed E-state index contributed by atoms with van der Waals surface area (Å²) in [6.07, 6.45) is 10.3. The maximum Gasteiger partial charge on any atom is 0.313 e. The Hall–Kier alpha value is -0.870. The van der Waals surface area contributed by atoms with Gasteiger partial charge in [-0.15, -0.1) is 0 Å². The van der Waals surface area contributed by atoms with Crippen molar-refractivity contribution in [1.29, 1.82) is 0 Å². The highest BCUT2D eigenvalue weighted by Crippen LogP contribution is 2.79. The molecule has 12 atom stereocenters. The van der Waals surface area contributed by atoms with Gasteiger partial charge < -0.3 is 14.9 Å². The van der Waals surface area contributed by atoms with Gasteiger partial charge >= 0.3 is 5.97 Å². The molecule has 5 fully saturated rings. The normalized spacial score (nSPS) is 61.6. The van der Waals surface area contributed by atoms with Gasteiger partial charge in [0, 0.05) is 11.3 Å². The number of hydrogen-bond donors (Lipinski definition) is 2. The first-order valence-electron chi connectivity index (χ1n) is 14.0. The summed E-state index contributed by atoms with van der Waals surface area (Å²) in [5.41, 5.74) is -1.40. The number of carbonyl (C=O) groups is 1. The zero-order valence-electron chi connectivity index (χ0n) is 22.4. The first kappa shape index (κ1) is 23.5. The van der Waals surface area contributed by atoms with Crippen molar-refractivity contribution in [2.75, 3.05) is 0 Å². The number of aliphatic hydroxyl groups excluding tert-OH is 2. The third kappa shape index (κ3) is 2.25. The molecule has 34 heavy (non-hydrogen) atoms. The van der Waals surface area contributed by atoms with Crippen LogP contribution in [-0.4, -0.2) is 34.0 Å². The van der Waals surface area contributed by atoms with Crippen LogP contribution in [0.25, 0.3) is 0 Å². The Kier molecular flexibility index (Phi) is 4.51. The molecule has 2 N–H and O–H groups in total. The Balaban J connectivity index is 1.52. The van der Waals surface area contributed by atoms with Gasteiger partial charge in [0.25, 0.3) is 0 Å². The maximum atomic E-state index is 13.7. The summed E-state index contributed by atoms with van der Waals surface area (Å²) >= 11 is 0. The molecule has 4 saturated carbocycles. The molecule has 5 aliphatic carbocycles. The summed E-state index contributed by atoms with van der Waals surface area (Å²) in [6.45, 7) is 16.3. The van der Waals surface area contributed by atoms with E-state index in [1.165, 1.54) is 0 Å². The van der Waals surface area contributed by atoms with Gasteiger partial charge in [-0.05, 0) is 90.9 Å². The minimum absolute atomic E-state index is 0.0255. The molecule has 2 bridgehead atoms. The molecule has 0 aromatic heterocycles. The maximum absolute atomic E-state index is 13.7. The van der Waals surface area contributed by atoms with Crippen LogP contribution in [0.5, 0.6) is 0 Å². The molecule has 1 saturated heterocycles. The lowest BCUT2D eigenvalue weighted by Gasteiger charge is -2.72. The molecule has 0 amide bonds. The number of allylic oxidation sites excluding steroid dienone is 1. The van der Waals surface area contributed by atoms with Gasteiger partial charge in [0.2, 0.25) is 0 Å². The molecule has 12 unspecified atom stereocenters. The van der Waals surface area contributed by atoms with Gasteiger partial charge in [0.15, 0.2) is 0 Å². The van der Waals surface area contributed by atoms with E-state index in [-0.39, 0.29) is 39.0 Å². The Morgan fingerprint density at radius 2 is 1.68 bits per heavy atom. The molecule has 1 aliphatic heterocycles. The Morgan fingerprint density at radius 3 is 2.38 bits per heavy atom. The van der Waals surface area contributed by atoms with Crippen molar-refractivity contribution in [3.63, 3.8) is 0 Å². The molecule has 0 radical (unpaired) electrons. The van der Waals surface area contributed by atoms with Crippen LogP contribution < -0.4 is 0 Å². The second-order valence-corrected chi connectivity index (χ2v) is 14.9. The van der Waals surface area contributed by atoms with E-state index in [0.29, 0.717) is 30.1 Å². The van der Waals surface area contributed by atoms with E-state index in [0.717, 1.165) is 38.5 Å². The Bertz CT molecular complexity index is 955. The summed E-state index contributed by atoms with van der Waals surface area (Å²) in [5.74, 6) is 2.03. The number of esters is 1. The smallest absolute Gasteiger partial charge is 0.313 e. The molecule has 0 aromatic carbocycles. The number of fused-ring (bicyclic) bond motifs is 4. The third-order valence-corrected chi connectivity index (χ3v) is 13.7. The van der Waals surface area contributed by atoms with Crippen molar-refractivity contribution in [2.24, 2.45) is 56.7 Å². The lowest BCUT2D eigenvalue weighted by molar-refractivity contribution is -0.257. The van der Waals surface area contributed by atoms with Crippen LogP contribution in [0.1, 0.15) is 93.4 Å². The predicted molar refractivity (Wildman–Crippen MR) is 132 cm³/mol. The quantitative estimate of drug-likeness (QED) is 0.362. The zero-order valence-corrected chi connectivity index (χ0v) is 22.4. The second kappa shape index (κ2) is 6.52. The highest BCUT2D eigenvalue weighted by atomic mass is 16.6. The van der Waals surface area contributed by atoms with Gasteiger partial charge in [0.05, 0.1) is 17.6 Å². The minimum Gasteiger partial charge on any atom is -0.453 e. The lowest BCUT2D eigenvalue weighted by atomic mass is 9.32. The molecule has 4 heteroatoms. The molecule has 6 aliphatic rings. The van der Waals surface area contributed by atoms with Crippen LogP contribution in [0.15, 0.2) is 12.2 Å². The number of hydrogen-bond acceptors (Lipinski definition) is 4. The summed E-state index contributed by atoms with van der Waals surface area (Å²) in [6, 6.07) is 0. The SMILES string of the molecule is CC1CCC23CCC4(C)C5(C)CCC6C(C)(C)C(O)C(O)CC6(C)C5C=CC4(OC2=O)C3C1C. The molecule has 6 rings (SSSR count). The van der Waals surface area contributed by atoms with Crippen LogP contribution >= 0.6 is 0 Å². The molecule has 0 aromatic rings. The van der Waals surface area contributed by atoms with Crippen molar-refractivity contribution in [2.45, 2.75) is 111 Å². The monoisotopic (exact) mass is 470 g/mol. The molecule has 4 nitrogen and oxygen atoms in total. The highest BCUT2D eigenvalue weighted by molar-refractivity contribution is 5.82. The highest BCUT2D eigenvalue weighted by Gasteiger charge is 2.80. The first-order chi connectivity index (χ1) is 15.7. The van der Waals surface area contributed by atoms with Crippen molar-refractivity contribution in [1.82, 2.24) is 0 Å². The van der Waals surface area contributed by atoms with E-state index in [9.17, 15) is 15.0 Å². The third-order valence-electron chi connectivity index (χ3n) is 13.7. The van der Waals surface area contributed by atoms with Crippen molar-refractivity contribution >= 4 is 5.97 Å². The Labute approximate surface area is 205 Å². The lowest BCUT2D eigenvalue weighted by Crippen LogP contribution is -2.71. The average molecular weight is 471 g/mol. The van der Waals surface area contributed by atoms with Crippen molar-refractivity contribution in [3.05, 3.63) is 12.2 Å². The fraction of sp³-hybridized carbons (Fsp3) is 0.900. The summed E-state index contributed by atoms with van der Waals surface area (Å²) in [5, 5.41) is 21.9. The number of ether oxygens (including phenoxy) is 1. The van der Waals surface area contributed by atoms with Gasteiger partial charge in [-0.2, -0.15) is 0 Å². The number of aliphatic hydroxyl groups is 2. The van der Waals surface area contributed by atoms with E-state index in [4.69, 9.17) is 4.74 Å². The number of rotatable bonds is 0. The predicted octanol–water partition coefficient (Wildman–Crippen LogP) is 5.51. The van der Waals surface area contributed by atoms with Gasteiger partial charge in [-0.3, -0.25) is 4.79 Å². The van der Waals surface area contributed by atoms with Crippen LogP contribution in [0.4, 0.5) is 0 Å². The van der Waals surface area contributed by atoms with Crippen molar-refractivity contribution in [3.8, 4) is 0 Å². The fourth-order valence-corrected chi connectivity index (χ4v) is 11.6. The van der Waals surface area contributed by atoms with Gasteiger partial charge in [-0.1, -0.05) is 54.5 Å². The zero-order chi connectivity index (χ0) is 24.7. The topological polar surface area (TPSA) is 66.8 Å². The standard InChI is InChI=1S/C30H46O4/c1-17-8-12-29-15-14-28(7)27(6)11-9-20-25(3,4)23(32)19(31)16-26(20,5)21(27)10-13-30(28,34-24(29)33)22(29)18(17)2/h10,13,17-23,31-32H,8-9,11-12,14-16H2,1-7H3. The molecular weight excluding hydrogens is 424 g/mol. The van der Waals surface area contributed by atoms with Gasteiger partial charge in [0.1, 0.15) is 5.60 Å². The van der Waals surface area contributed by atoms with E-state index in [1.807, 2.05) is 0 Å². The van der Waals surface area contributed by atoms with Crippen LogP contribution in [0.3, 0.4) is 0 Å². The number of carbonyl (C=O) groups excluding carboxylic acids is 1. The second-order valence-electron chi connectivity index (χ2n) is 14.9. The largest absolute Gasteiger partial charge is 0.453 e. The van der Waals surface area contributed by atoms with E-state index in [1.54, 1.807) is 0 Å². The van der Waals surface area contributed by atoms with Crippen molar-refractivity contribution < 1.29 is 19.7 Å². The molecule has 1 spiro atoms. The van der Waals surface area contributed by atoms with E-state index < -0.39 is 17.8 Å². The van der Waals surface area contributed by atoms with Gasteiger partial charge in [-0.25, -0.2) is 0 Å². The minimum atomic E-state index is -0.696. The van der Waals surface area contributed by atoms with Crippen LogP contribution in [-0.2, 0) is 9.53 Å². The average Bonchev–Trinajstić information content (AvgIpc) is 2.96. The first-order valence-corrected chi connectivity index (χ1v) is 14.0. The van der Waals surface area contributed by atoms with Crippen LogP contribution in [0, 0.1) is 56.7 Å². The van der Waals surface area contributed by atoms with E-state index >= 15 is 0 Å². The molecular formula is C30H46O4. The fourth-order valence-electron chi connectivity index (χ4n) is 11.6. The Morgan fingerprint density at radius 1 is 0.971 bits per heavy atom.